The maximum Gasteiger partial charge on any atom is 0.270 e. The number of hydrogen-bond donors (Lipinski definition) is 0. The first-order chi connectivity index (χ1) is 9.11. The van der Waals surface area contributed by atoms with Crippen molar-refractivity contribution in [2.24, 2.45) is 0 Å². The zero-order chi connectivity index (χ0) is 13.8. The van der Waals surface area contributed by atoms with E-state index in [0.717, 1.165) is 16.9 Å². The lowest BCUT2D eigenvalue weighted by molar-refractivity contribution is -0.384. The van der Waals surface area contributed by atoms with E-state index in [1.165, 1.54) is 12.1 Å². The van der Waals surface area contributed by atoms with Crippen LogP contribution in [0.2, 0.25) is 0 Å². The van der Waals surface area contributed by atoms with Crippen LogP contribution in [0, 0.1) is 17.0 Å². The molecule has 0 saturated carbocycles. The summed E-state index contributed by atoms with van der Waals surface area (Å²) >= 11 is 3.32. The van der Waals surface area contributed by atoms with Gasteiger partial charge in [0, 0.05) is 23.0 Å². The SMILES string of the molecule is Cc1ccccc1Oc1ccc([N+](=O)[O-])cc1CBr. The predicted octanol–water partition coefficient (Wildman–Crippen LogP) is 4.59. The molecule has 0 bridgehead atoms. The topological polar surface area (TPSA) is 52.4 Å². The fraction of sp³-hybridized carbons (Fsp3) is 0.143. The monoisotopic (exact) mass is 321 g/mol. The lowest BCUT2D eigenvalue weighted by atomic mass is 10.2. The zero-order valence-corrected chi connectivity index (χ0v) is 11.9. The van der Waals surface area contributed by atoms with Crippen molar-refractivity contribution in [2.45, 2.75) is 12.3 Å². The van der Waals surface area contributed by atoms with Gasteiger partial charge in [-0.3, -0.25) is 10.1 Å². The van der Waals surface area contributed by atoms with Crippen molar-refractivity contribution in [3.05, 3.63) is 63.7 Å². The van der Waals surface area contributed by atoms with Gasteiger partial charge in [0.1, 0.15) is 11.5 Å². The molecular weight excluding hydrogens is 310 g/mol. The summed E-state index contributed by atoms with van der Waals surface area (Å²) in [6.07, 6.45) is 0. The van der Waals surface area contributed by atoms with Gasteiger partial charge < -0.3 is 4.74 Å². The van der Waals surface area contributed by atoms with Crippen molar-refractivity contribution < 1.29 is 9.66 Å². The second-order valence-corrected chi connectivity index (χ2v) is 4.61. The molecule has 0 unspecified atom stereocenters. The van der Waals surface area contributed by atoms with Gasteiger partial charge in [0.25, 0.3) is 5.69 Å². The van der Waals surface area contributed by atoms with E-state index in [0.29, 0.717) is 11.1 Å². The Labute approximate surface area is 119 Å². The number of nitrogens with zero attached hydrogens (tertiary/aromatic N) is 1. The first-order valence-electron chi connectivity index (χ1n) is 5.68. The molecule has 5 heteroatoms. The van der Waals surface area contributed by atoms with Gasteiger partial charge in [-0.25, -0.2) is 0 Å². The number of halogens is 1. The second kappa shape index (κ2) is 5.84. The Bertz CT molecular complexity index is 613. The van der Waals surface area contributed by atoms with Crippen molar-refractivity contribution in [3.8, 4) is 11.5 Å². The lowest BCUT2D eigenvalue weighted by Crippen LogP contribution is -1.94. The molecule has 0 aliphatic heterocycles. The van der Waals surface area contributed by atoms with Crippen LogP contribution in [0.25, 0.3) is 0 Å². The van der Waals surface area contributed by atoms with Gasteiger partial charge in [-0.1, -0.05) is 34.1 Å². The summed E-state index contributed by atoms with van der Waals surface area (Å²) in [7, 11) is 0. The van der Waals surface area contributed by atoms with E-state index < -0.39 is 4.92 Å². The molecule has 2 aromatic rings. The maximum atomic E-state index is 10.7. The second-order valence-electron chi connectivity index (χ2n) is 4.05. The Morgan fingerprint density at radius 2 is 1.95 bits per heavy atom. The van der Waals surface area contributed by atoms with Crippen LogP contribution in [0.4, 0.5) is 5.69 Å². The smallest absolute Gasteiger partial charge is 0.270 e. The van der Waals surface area contributed by atoms with E-state index in [1.54, 1.807) is 6.07 Å². The number of non-ortho nitro benzene ring substituents is 1. The van der Waals surface area contributed by atoms with E-state index in [2.05, 4.69) is 15.9 Å². The van der Waals surface area contributed by atoms with E-state index in [-0.39, 0.29) is 5.69 Å². The molecule has 0 amide bonds. The highest BCUT2D eigenvalue weighted by Gasteiger charge is 2.12. The van der Waals surface area contributed by atoms with Gasteiger partial charge in [0.2, 0.25) is 0 Å². The fourth-order valence-electron chi connectivity index (χ4n) is 1.67. The molecular formula is C14H12BrNO3. The number of rotatable bonds is 4. The van der Waals surface area contributed by atoms with Gasteiger partial charge in [-0.05, 0) is 24.6 Å². The van der Waals surface area contributed by atoms with Crippen LogP contribution in [-0.4, -0.2) is 4.92 Å². The summed E-state index contributed by atoms with van der Waals surface area (Å²) in [6.45, 7) is 1.95. The molecule has 2 rings (SSSR count). The van der Waals surface area contributed by atoms with E-state index in [1.807, 2.05) is 31.2 Å². The molecule has 98 valence electrons. The van der Waals surface area contributed by atoms with Crippen LogP contribution in [-0.2, 0) is 5.33 Å². The molecule has 0 saturated heterocycles. The number of nitro groups is 1. The number of para-hydroxylation sites is 1. The first-order valence-corrected chi connectivity index (χ1v) is 6.80. The third-order valence-corrected chi connectivity index (χ3v) is 3.32. The van der Waals surface area contributed by atoms with Gasteiger partial charge in [-0.2, -0.15) is 0 Å². The summed E-state index contributed by atoms with van der Waals surface area (Å²) in [5, 5.41) is 11.2. The summed E-state index contributed by atoms with van der Waals surface area (Å²) < 4.78 is 5.81. The highest BCUT2D eigenvalue weighted by atomic mass is 79.9. The Hall–Kier alpha value is -1.88. The highest BCUT2D eigenvalue weighted by molar-refractivity contribution is 9.08. The minimum absolute atomic E-state index is 0.0617. The summed E-state index contributed by atoms with van der Waals surface area (Å²) in [4.78, 5) is 10.3. The molecule has 19 heavy (non-hydrogen) atoms. The van der Waals surface area contributed by atoms with Gasteiger partial charge >= 0.3 is 0 Å². The van der Waals surface area contributed by atoms with Gasteiger partial charge in [-0.15, -0.1) is 0 Å². The Kier molecular flexibility index (Phi) is 4.16. The highest BCUT2D eigenvalue weighted by Crippen LogP contribution is 2.31. The zero-order valence-electron chi connectivity index (χ0n) is 10.3. The molecule has 0 N–H and O–H groups in total. The normalized spacial score (nSPS) is 10.2. The number of benzene rings is 2. The van der Waals surface area contributed by atoms with Crippen molar-refractivity contribution in [2.75, 3.05) is 0 Å². The Balaban J connectivity index is 2.35. The number of alkyl halides is 1. The third-order valence-electron chi connectivity index (χ3n) is 2.71. The van der Waals surface area contributed by atoms with Crippen LogP contribution in [0.3, 0.4) is 0 Å². The molecule has 2 aromatic carbocycles. The first kappa shape index (κ1) is 13.5. The van der Waals surface area contributed by atoms with Crippen LogP contribution < -0.4 is 4.74 Å². The minimum atomic E-state index is -0.413. The van der Waals surface area contributed by atoms with Crippen molar-refractivity contribution in [3.63, 3.8) is 0 Å². The molecule has 0 radical (unpaired) electrons. The summed E-state index contributed by atoms with van der Waals surface area (Å²) in [6, 6.07) is 12.2. The summed E-state index contributed by atoms with van der Waals surface area (Å²) in [5.74, 6) is 1.37. The molecule has 0 aromatic heterocycles. The van der Waals surface area contributed by atoms with Crippen LogP contribution in [0.15, 0.2) is 42.5 Å². The minimum Gasteiger partial charge on any atom is -0.457 e. The molecule has 0 aliphatic rings. The number of aryl methyl sites for hydroxylation is 1. The van der Waals surface area contributed by atoms with Crippen molar-refractivity contribution in [1.29, 1.82) is 0 Å². The van der Waals surface area contributed by atoms with E-state index in [4.69, 9.17) is 4.74 Å². The Morgan fingerprint density at radius 1 is 1.21 bits per heavy atom. The third kappa shape index (κ3) is 3.12. The quantitative estimate of drug-likeness (QED) is 0.470. The van der Waals surface area contributed by atoms with Crippen molar-refractivity contribution in [1.82, 2.24) is 0 Å². The average molecular weight is 322 g/mol. The Morgan fingerprint density at radius 3 is 2.58 bits per heavy atom. The van der Waals surface area contributed by atoms with Crippen LogP contribution >= 0.6 is 15.9 Å². The predicted molar refractivity (Wildman–Crippen MR) is 77.0 cm³/mol. The molecule has 4 nitrogen and oxygen atoms in total. The summed E-state index contributed by atoms with van der Waals surface area (Å²) in [5.41, 5.74) is 1.82. The number of ether oxygens (including phenoxy) is 1. The maximum absolute atomic E-state index is 10.7. The lowest BCUT2D eigenvalue weighted by Gasteiger charge is -2.11. The van der Waals surface area contributed by atoms with E-state index in [9.17, 15) is 10.1 Å². The van der Waals surface area contributed by atoms with Gasteiger partial charge in [0.05, 0.1) is 4.92 Å². The number of nitro benzene ring substituents is 1. The van der Waals surface area contributed by atoms with Crippen LogP contribution in [0.1, 0.15) is 11.1 Å². The molecule has 0 fully saturated rings. The molecule has 0 atom stereocenters. The van der Waals surface area contributed by atoms with E-state index >= 15 is 0 Å². The molecule has 0 aliphatic carbocycles. The average Bonchev–Trinajstić information content (AvgIpc) is 2.41. The standard InChI is InChI=1S/C14H12BrNO3/c1-10-4-2-3-5-13(10)19-14-7-6-12(16(17)18)8-11(14)9-15/h2-8H,9H2,1H3. The van der Waals surface area contributed by atoms with Gasteiger partial charge in [0.15, 0.2) is 0 Å². The van der Waals surface area contributed by atoms with Crippen molar-refractivity contribution >= 4 is 21.6 Å². The number of hydrogen-bond acceptors (Lipinski definition) is 3. The largest absolute Gasteiger partial charge is 0.457 e. The molecule has 0 heterocycles. The van der Waals surface area contributed by atoms with Crippen LogP contribution in [0.5, 0.6) is 11.5 Å². The fourth-order valence-corrected chi connectivity index (χ4v) is 2.11. The molecule has 0 spiro atoms.